The Bertz CT molecular complexity index is 821. The normalized spacial score (nSPS) is 17.4. The molecule has 138 valence electrons. The number of benzene rings is 1. The highest BCUT2D eigenvalue weighted by atomic mass is 32.1. The molecule has 2 heterocycles. The Balaban J connectivity index is 1.75. The molecule has 0 bridgehead atoms. The Morgan fingerprint density at radius 1 is 1.23 bits per heavy atom. The lowest BCUT2D eigenvalue weighted by Crippen LogP contribution is -2.39. The van der Waals surface area contributed by atoms with Gasteiger partial charge in [-0.15, -0.1) is 11.3 Å². The molecule has 4 nitrogen and oxygen atoms in total. The van der Waals surface area contributed by atoms with Crippen molar-refractivity contribution in [2.24, 2.45) is 0 Å². The van der Waals surface area contributed by atoms with Crippen molar-refractivity contribution in [1.29, 1.82) is 0 Å². The van der Waals surface area contributed by atoms with Crippen LogP contribution in [0.5, 0.6) is 0 Å². The van der Waals surface area contributed by atoms with Crippen molar-refractivity contribution < 1.29 is 27.2 Å². The number of carbonyl (C=O) groups excluding carboxylic acids is 2. The third-order valence-electron chi connectivity index (χ3n) is 4.11. The van der Waals surface area contributed by atoms with Crippen molar-refractivity contribution in [3.05, 3.63) is 52.0 Å². The SMILES string of the molecule is O=C(Nc1ccc(F)c(C(F)(F)F)c1)C(=O)N1CCC[C@H]1c1cccs1. The summed E-state index contributed by atoms with van der Waals surface area (Å²) in [4.78, 5) is 27.0. The van der Waals surface area contributed by atoms with E-state index in [4.69, 9.17) is 0 Å². The molecular weight excluding hydrogens is 372 g/mol. The Hall–Kier alpha value is -2.42. The maximum absolute atomic E-state index is 13.3. The number of halogens is 4. The molecule has 1 aliphatic rings. The van der Waals surface area contributed by atoms with Gasteiger partial charge in [-0.05, 0) is 42.5 Å². The Morgan fingerprint density at radius 3 is 2.65 bits per heavy atom. The van der Waals surface area contributed by atoms with E-state index in [0.717, 1.165) is 17.4 Å². The maximum Gasteiger partial charge on any atom is 0.419 e. The summed E-state index contributed by atoms with van der Waals surface area (Å²) in [5, 5.41) is 4.00. The van der Waals surface area contributed by atoms with Gasteiger partial charge in [-0.3, -0.25) is 9.59 Å². The van der Waals surface area contributed by atoms with Gasteiger partial charge in [0.25, 0.3) is 0 Å². The summed E-state index contributed by atoms with van der Waals surface area (Å²) >= 11 is 1.47. The number of hydrogen-bond donors (Lipinski definition) is 1. The van der Waals surface area contributed by atoms with Crippen molar-refractivity contribution >= 4 is 28.8 Å². The highest BCUT2D eigenvalue weighted by molar-refractivity contribution is 7.10. The number of carbonyl (C=O) groups is 2. The van der Waals surface area contributed by atoms with E-state index in [0.29, 0.717) is 25.1 Å². The molecular formula is C17H14F4N2O2S. The lowest BCUT2D eigenvalue weighted by atomic mass is 10.1. The molecule has 2 aromatic rings. The van der Waals surface area contributed by atoms with Gasteiger partial charge in [0.1, 0.15) is 5.82 Å². The van der Waals surface area contributed by atoms with Crippen LogP contribution in [-0.4, -0.2) is 23.3 Å². The summed E-state index contributed by atoms with van der Waals surface area (Å²) in [5.41, 5.74) is -1.79. The van der Waals surface area contributed by atoms with Crippen LogP contribution >= 0.6 is 11.3 Å². The molecule has 9 heteroatoms. The molecule has 0 saturated carbocycles. The highest BCUT2D eigenvalue weighted by Crippen LogP contribution is 2.35. The van der Waals surface area contributed by atoms with Crippen molar-refractivity contribution in [3.63, 3.8) is 0 Å². The molecule has 1 N–H and O–H groups in total. The number of alkyl halides is 3. The molecule has 0 unspecified atom stereocenters. The van der Waals surface area contributed by atoms with Crippen LogP contribution in [0.4, 0.5) is 23.2 Å². The van der Waals surface area contributed by atoms with Crippen molar-refractivity contribution in [2.45, 2.75) is 25.1 Å². The van der Waals surface area contributed by atoms with Gasteiger partial charge in [0, 0.05) is 17.1 Å². The Labute approximate surface area is 150 Å². The van der Waals surface area contributed by atoms with E-state index < -0.39 is 29.4 Å². The summed E-state index contributed by atoms with van der Waals surface area (Å²) in [6.45, 7) is 0.395. The predicted molar refractivity (Wildman–Crippen MR) is 88.0 cm³/mol. The molecule has 0 aliphatic carbocycles. The fourth-order valence-electron chi connectivity index (χ4n) is 2.92. The number of likely N-dealkylation sites (tertiary alicyclic amines) is 1. The zero-order valence-corrected chi connectivity index (χ0v) is 14.2. The lowest BCUT2D eigenvalue weighted by molar-refractivity contribution is -0.143. The third-order valence-corrected chi connectivity index (χ3v) is 5.08. The Kier molecular flexibility index (Phi) is 4.99. The molecule has 26 heavy (non-hydrogen) atoms. The van der Waals surface area contributed by atoms with Gasteiger partial charge in [0.2, 0.25) is 0 Å². The summed E-state index contributed by atoms with van der Waals surface area (Å²) in [6, 6.07) is 5.56. The minimum absolute atomic E-state index is 0.216. The molecule has 1 fully saturated rings. The first kappa shape index (κ1) is 18.4. The second-order valence-corrected chi connectivity index (χ2v) is 6.80. The van der Waals surface area contributed by atoms with Gasteiger partial charge in [0.15, 0.2) is 0 Å². The first-order valence-corrected chi connectivity index (χ1v) is 8.67. The van der Waals surface area contributed by atoms with Gasteiger partial charge in [0.05, 0.1) is 11.6 Å². The number of anilines is 1. The van der Waals surface area contributed by atoms with E-state index in [2.05, 4.69) is 5.32 Å². The fourth-order valence-corrected chi connectivity index (χ4v) is 3.80. The zero-order chi connectivity index (χ0) is 18.9. The standard InChI is InChI=1S/C17H14F4N2O2S/c18-12-6-5-10(9-11(12)17(19,20)21)22-15(24)16(25)23-7-1-3-13(23)14-4-2-8-26-14/h2,4-6,8-9,13H,1,3,7H2,(H,22,24)/t13-/m0/s1. The average molecular weight is 386 g/mol. The van der Waals surface area contributed by atoms with Gasteiger partial charge >= 0.3 is 18.0 Å². The summed E-state index contributed by atoms with van der Waals surface area (Å²) < 4.78 is 51.6. The number of rotatable bonds is 2. The summed E-state index contributed by atoms with van der Waals surface area (Å²) in [5.74, 6) is -3.31. The zero-order valence-electron chi connectivity index (χ0n) is 13.3. The average Bonchev–Trinajstić information content (AvgIpc) is 3.25. The molecule has 1 aromatic carbocycles. The molecule has 1 aromatic heterocycles. The van der Waals surface area contributed by atoms with E-state index in [1.54, 1.807) is 0 Å². The molecule has 3 rings (SSSR count). The van der Waals surface area contributed by atoms with E-state index in [1.807, 2.05) is 17.5 Å². The maximum atomic E-state index is 13.3. The molecule has 2 amide bonds. The Morgan fingerprint density at radius 2 is 2.00 bits per heavy atom. The first-order valence-electron chi connectivity index (χ1n) is 7.79. The number of nitrogens with one attached hydrogen (secondary N) is 1. The largest absolute Gasteiger partial charge is 0.419 e. The van der Waals surface area contributed by atoms with Gasteiger partial charge in [-0.2, -0.15) is 13.2 Å². The van der Waals surface area contributed by atoms with Gasteiger partial charge in [-0.1, -0.05) is 6.07 Å². The number of amides is 2. The topological polar surface area (TPSA) is 49.4 Å². The van der Waals surface area contributed by atoms with E-state index in [-0.39, 0.29) is 11.7 Å². The van der Waals surface area contributed by atoms with Crippen LogP contribution in [0.25, 0.3) is 0 Å². The smallest absolute Gasteiger partial charge is 0.327 e. The number of hydrogen-bond acceptors (Lipinski definition) is 3. The molecule has 0 spiro atoms. The van der Waals surface area contributed by atoms with Crippen LogP contribution in [0.2, 0.25) is 0 Å². The van der Waals surface area contributed by atoms with E-state index in [9.17, 15) is 27.2 Å². The van der Waals surface area contributed by atoms with Crippen LogP contribution in [-0.2, 0) is 15.8 Å². The van der Waals surface area contributed by atoms with Crippen molar-refractivity contribution in [3.8, 4) is 0 Å². The molecule has 1 aliphatic heterocycles. The number of thiophene rings is 1. The van der Waals surface area contributed by atoms with Crippen LogP contribution < -0.4 is 5.32 Å². The van der Waals surface area contributed by atoms with E-state index >= 15 is 0 Å². The minimum atomic E-state index is -4.89. The highest BCUT2D eigenvalue weighted by Gasteiger charge is 2.36. The molecule has 1 atom stereocenters. The molecule has 0 radical (unpaired) electrons. The third kappa shape index (κ3) is 3.72. The van der Waals surface area contributed by atoms with Crippen molar-refractivity contribution in [1.82, 2.24) is 4.90 Å². The van der Waals surface area contributed by atoms with Crippen LogP contribution in [0, 0.1) is 5.82 Å². The number of nitrogens with zero attached hydrogens (tertiary/aromatic N) is 1. The minimum Gasteiger partial charge on any atom is -0.327 e. The fraction of sp³-hybridized carbons (Fsp3) is 0.294. The van der Waals surface area contributed by atoms with Crippen LogP contribution in [0.3, 0.4) is 0 Å². The quantitative estimate of drug-likeness (QED) is 0.621. The monoisotopic (exact) mass is 386 g/mol. The first-order chi connectivity index (χ1) is 12.3. The summed E-state index contributed by atoms with van der Waals surface area (Å²) in [7, 11) is 0. The van der Waals surface area contributed by atoms with Gasteiger partial charge in [-0.25, -0.2) is 4.39 Å². The molecule has 1 saturated heterocycles. The second-order valence-electron chi connectivity index (χ2n) is 5.82. The lowest BCUT2D eigenvalue weighted by Gasteiger charge is -2.23. The van der Waals surface area contributed by atoms with E-state index in [1.165, 1.54) is 16.2 Å². The predicted octanol–water partition coefficient (Wildman–Crippen LogP) is 4.21. The van der Waals surface area contributed by atoms with Crippen LogP contribution in [0.15, 0.2) is 35.7 Å². The summed E-state index contributed by atoms with van der Waals surface area (Å²) in [6.07, 6.45) is -3.45. The van der Waals surface area contributed by atoms with Crippen molar-refractivity contribution in [2.75, 3.05) is 11.9 Å². The van der Waals surface area contributed by atoms with Gasteiger partial charge < -0.3 is 10.2 Å². The van der Waals surface area contributed by atoms with Crippen LogP contribution in [0.1, 0.15) is 29.3 Å². The second kappa shape index (κ2) is 7.06.